The van der Waals surface area contributed by atoms with E-state index >= 15 is 0 Å². The van der Waals surface area contributed by atoms with Crippen LogP contribution in [0.1, 0.15) is 10.4 Å². The van der Waals surface area contributed by atoms with Crippen LogP contribution in [-0.2, 0) is 0 Å². The Bertz CT molecular complexity index is 387. The number of thioether (sulfide) groups is 1. The molecule has 0 aliphatic heterocycles. The van der Waals surface area contributed by atoms with Crippen molar-refractivity contribution in [2.45, 2.75) is 0 Å². The number of hydrogen-bond donors (Lipinski definition) is 0. The fourth-order valence-electron chi connectivity index (χ4n) is 1.43. The molecule has 100 valence electrons. The lowest BCUT2D eigenvalue weighted by molar-refractivity contribution is 0.0803. The van der Waals surface area contributed by atoms with Crippen molar-refractivity contribution in [1.82, 2.24) is 4.90 Å². The lowest BCUT2D eigenvalue weighted by atomic mass is 10.2. The molecule has 5 heteroatoms. The molecule has 0 radical (unpaired) electrons. The van der Waals surface area contributed by atoms with E-state index < -0.39 is 6.67 Å². The van der Waals surface area contributed by atoms with Crippen LogP contribution in [0.2, 0.25) is 0 Å². The number of ether oxygens (including phenoxy) is 1. The molecule has 1 amide bonds. The average Bonchev–Trinajstić information content (AvgIpc) is 2.42. The summed E-state index contributed by atoms with van der Waals surface area (Å²) in [7, 11) is 1.77. The maximum absolute atomic E-state index is 12.1. The maximum atomic E-state index is 12.1. The van der Waals surface area contributed by atoms with Gasteiger partial charge >= 0.3 is 0 Å². The molecule has 0 aliphatic rings. The van der Waals surface area contributed by atoms with Crippen LogP contribution in [0.4, 0.5) is 4.39 Å². The van der Waals surface area contributed by atoms with Gasteiger partial charge in [0.05, 0.1) is 0 Å². The summed E-state index contributed by atoms with van der Waals surface area (Å²) in [4.78, 5) is 13.7. The van der Waals surface area contributed by atoms with Crippen LogP contribution < -0.4 is 4.74 Å². The van der Waals surface area contributed by atoms with Gasteiger partial charge in [0, 0.05) is 24.9 Å². The van der Waals surface area contributed by atoms with E-state index in [4.69, 9.17) is 4.74 Å². The molecular weight excluding hydrogens is 253 g/mol. The number of hydrogen-bond acceptors (Lipinski definition) is 3. The van der Waals surface area contributed by atoms with E-state index in [0.29, 0.717) is 17.9 Å². The number of alkyl halides is 1. The molecule has 0 unspecified atom stereocenters. The van der Waals surface area contributed by atoms with Crippen molar-refractivity contribution in [3.8, 4) is 5.75 Å². The molecule has 18 heavy (non-hydrogen) atoms. The van der Waals surface area contributed by atoms with Crippen LogP contribution >= 0.6 is 11.8 Å². The first-order chi connectivity index (χ1) is 8.69. The van der Waals surface area contributed by atoms with Crippen LogP contribution in [0.5, 0.6) is 5.75 Å². The van der Waals surface area contributed by atoms with Gasteiger partial charge in [0.1, 0.15) is 19.0 Å². The zero-order valence-electron chi connectivity index (χ0n) is 10.7. The Balaban J connectivity index is 2.67. The largest absolute Gasteiger partial charge is 0.491 e. The first-order valence-corrected chi connectivity index (χ1v) is 7.11. The van der Waals surface area contributed by atoms with Crippen molar-refractivity contribution in [3.05, 3.63) is 29.8 Å². The summed E-state index contributed by atoms with van der Waals surface area (Å²) in [5.74, 6) is 1.38. The third-order valence-electron chi connectivity index (χ3n) is 2.40. The summed E-state index contributed by atoms with van der Waals surface area (Å²) in [6, 6.07) is 6.84. The average molecular weight is 271 g/mol. The second kappa shape index (κ2) is 7.97. The van der Waals surface area contributed by atoms with Gasteiger partial charge in [0.25, 0.3) is 5.91 Å². The second-order valence-electron chi connectivity index (χ2n) is 3.78. The maximum Gasteiger partial charge on any atom is 0.253 e. The topological polar surface area (TPSA) is 29.5 Å². The zero-order valence-corrected chi connectivity index (χ0v) is 11.5. The first kappa shape index (κ1) is 14.8. The third kappa shape index (κ3) is 4.56. The quantitative estimate of drug-likeness (QED) is 0.763. The molecule has 0 aliphatic carbocycles. The standard InChI is InChI=1S/C13H18FNO2S/c1-15(7-9-18-2)13(16)11-4-3-5-12(10-11)17-8-6-14/h3-5,10H,6-9H2,1-2H3. The Hall–Kier alpha value is -1.23. The van der Waals surface area contributed by atoms with Crippen molar-refractivity contribution in [3.63, 3.8) is 0 Å². The van der Waals surface area contributed by atoms with Crippen LogP contribution in [0.25, 0.3) is 0 Å². The molecular formula is C13H18FNO2S. The van der Waals surface area contributed by atoms with Crippen molar-refractivity contribution in [2.24, 2.45) is 0 Å². The van der Waals surface area contributed by atoms with Gasteiger partial charge in [0.2, 0.25) is 0 Å². The Kier molecular flexibility index (Phi) is 6.57. The van der Waals surface area contributed by atoms with Gasteiger partial charge in [0.15, 0.2) is 0 Å². The molecule has 0 bridgehead atoms. The molecule has 0 aromatic heterocycles. The highest BCUT2D eigenvalue weighted by molar-refractivity contribution is 7.98. The molecule has 0 N–H and O–H groups in total. The monoisotopic (exact) mass is 271 g/mol. The predicted molar refractivity (Wildman–Crippen MR) is 73.3 cm³/mol. The molecule has 0 spiro atoms. The number of carbonyl (C=O) groups excluding carboxylic acids is 1. The molecule has 1 aromatic carbocycles. The van der Waals surface area contributed by atoms with Crippen LogP contribution in [0, 0.1) is 0 Å². The van der Waals surface area contributed by atoms with Gasteiger partial charge in [-0.1, -0.05) is 6.07 Å². The van der Waals surface area contributed by atoms with Crippen molar-refractivity contribution < 1.29 is 13.9 Å². The number of nitrogens with zero attached hydrogens (tertiary/aromatic N) is 1. The Labute approximate surface area is 111 Å². The van der Waals surface area contributed by atoms with Gasteiger partial charge in [-0.2, -0.15) is 11.8 Å². The fraction of sp³-hybridized carbons (Fsp3) is 0.462. The summed E-state index contributed by atoms with van der Waals surface area (Å²) in [5, 5.41) is 0. The first-order valence-electron chi connectivity index (χ1n) is 5.72. The van der Waals surface area contributed by atoms with Crippen LogP contribution in [-0.4, -0.2) is 49.7 Å². The zero-order chi connectivity index (χ0) is 13.4. The number of halogens is 1. The molecule has 0 saturated heterocycles. The second-order valence-corrected chi connectivity index (χ2v) is 4.77. The van der Waals surface area contributed by atoms with Gasteiger partial charge in [-0.05, 0) is 24.5 Å². The Morgan fingerprint density at radius 1 is 1.50 bits per heavy atom. The van der Waals surface area contributed by atoms with Crippen molar-refractivity contribution in [1.29, 1.82) is 0 Å². The molecule has 0 fully saturated rings. The minimum atomic E-state index is -0.536. The van der Waals surface area contributed by atoms with E-state index in [9.17, 15) is 9.18 Å². The highest BCUT2D eigenvalue weighted by Crippen LogP contribution is 2.14. The van der Waals surface area contributed by atoms with Gasteiger partial charge < -0.3 is 9.64 Å². The lowest BCUT2D eigenvalue weighted by Gasteiger charge is -2.17. The summed E-state index contributed by atoms with van der Waals surface area (Å²) in [6.07, 6.45) is 2.00. The van der Waals surface area contributed by atoms with Crippen molar-refractivity contribution in [2.75, 3.05) is 38.9 Å². The smallest absolute Gasteiger partial charge is 0.253 e. The molecule has 1 rings (SSSR count). The summed E-state index contributed by atoms with van der Waals surface area (Å²) in [6.45, 7) is 0.182. The Morgan fingerprint density at radius 3 is 2.94 bits per heavy atom. The van der Waals surface area contributed by atoms with Crippen LogP contribution in [0.15, 0.2) is 24.3 Å². The number of amides is 1. The number of benzene rings is 1. The van der Waals surface area contributed by atoms with E-state index in [1.54, 1.807) is 48.0 Å². The predicted octanol–water partition coefficient (Wildman–Crippen LogP) is 2.47. The third-order valence-corrected chi connectivity index (χ3v) is 3.00. The SMILES string of the molecule is CSCCN(C)C(=O)c1cccc(OCCF)c1. The van der Waals surface area contributed by atoms with E-state index in [-0.39, 0.29) is 12.5 Å². The normalized spacial score (nSPS) is 10.2. The summed E-state index contributed by atoms with van der Waals surface area (Å²) in [5.41, 5.74) is 0.565. The van der Waals surface area contributed by atoms with Crippen molar-refractivity contribution >= 4 is 17.7 Å². The van der Waals surface area contributed by atoms with Gasteiger partial charge in [-0.3, -0.25) is 4.79 Å². The highest BCUT2D eigenvalue weighted by atomic mass is 32.2. The minimum absolute atomic E-state index is 0.0138. The molecule has 0 atom stereocenters. The van der Waals surface area contributed by atoms with E-state index in [0.717, 1.165) is 5.75 Å². The molecule has 3 nitrogen and oxygen atoms in total. The Morgan fingerprint density at radius 2 is 2.28 bits per heavy atom. The van der Waals surface area contributed by atoms with E-state index in [1.807, 2.05) is 6.26 Å². The molecule has 0 saturated carbocycles. The fourth-order valence-corrected chi connectivity index (χ4v) is 1.88. The number of carbonyl (C=O) groups is 1. The highest BCUT2D eigenvalue weighted by Gasteiger charge is 2.11. The molecule has 0 heterocycles. The summed E-state index contributed by atoms with van der Waals surface area (Å²) < 4.78 is 17.2. The van der Waals surface area contributed by atoms with Crippen LogP contribution in [0.3, 0.4) is 0 Å². The summed E-state index contributed by atoms with van der Waals surface area (Å²) >= 11 is 1.70. The van der Waals surface area contributed by atoms with E-state index in [1.165, 1.54) is 0 Å². The number of rotatable bonds is 7. The molecule has 1 aromatic rings. The van der Waals surface area contributed by atoms with Gasteiger partial charge in [-0.15, -0.1) is 0 Å². The van der Waals surface area contributed by atoms with E-state index in [2.05, 4.69) is 0 Å². The van der Waals surface area contributed by atoms with Gasteiger partial charge in [-0.25, -0.2) is 4.39 Å². The lowest BCUT2D eigenvalue weighted by Crippen LogP contribution is -2.28. The minimum Gasteiger partial charge on any atom is -0.491 e.